The van der Waals surface area contributed by atoms with Crippen LogP contribution >= 0.6 is 23.5 Å². The molecule has 2 saturated heterocycles. The monoisotopic (exact) mass is 396 g/mol. The van der Waals surface area contributed by atoms with Gasteiger partial charge in [-0.05, 0) is 12.8 Å². The van der Waals surface area contributed by atoms with Crippen LogP contribution < -0.4 is 0 Å². The number of esters is 2. The van der Waals surface area contributed by atoms with Gasteiger partial charge in [0.1, 0.15) is 10.8 Å². The molecule has 0 aromatic carbocycles. The van der Waals surface area contributed by atoms with Crippen molar-refractivity contribution in [2.45, 2.75) is 12.8 Å². The third-order valence-corrected chi connectivity index (χ3v) is 7.31. The van der Waals surface area contributed by atoms with E-state index in [9.17, 15) is 19.2 Å². The van der Waals surface area contributed by atoms with Gasteiger partial charge in [0, 0.05) is 11.5 Å². The van der Waals surface area contributed by atoms with Gasteiger partial charge in [0.05, 0.1) is 24.0 Å². The maximum atomic E-state index is 13.0. The first-order valence-corrected chi connectivity index (χ1v) is 9.80. The second kappa shape index (κ2) is 7.84. The highest BCUT2D eigenvalue weighted by molar-refractivity contribution is 8.08. The molecule has 0 N–H and O–H groups in total. The van der Waals surface area contributed by atoms with Crippen LogP contribution in [0.5, 0.6) is 0 Å². The van der Waals surface area contributed by atoms with E-state index in [1.54, 1.807) is 0 Å². The Labute approximate surface area is 160 Å². The van der Waals surface area contributed by atoms with Gasteiger partial charge in [-0.3, -0.25) is 19.2 Å². The fraction of sp³-hybridized carbons (Fsp3) is 0.444. The van der Waals surface area contributed by atoms with Crippen molar-refractivity contribution in [1.29, 1.82) is 0 Å². The van der Waals surface area contributed by atoms with Gasteiger partial charge in [-0.25, -0.2) is 0 Å². The Morgan fingerprint density at radius 2 is 1.27 bits per heavy atom. The predicted molar refractivity (Wildman–Crippen MR) is 100 cm³/mol. The molecule has 26 heavy (non-hydrogen) atoms. The van der Waals surface area contributed by atoms with E-state index in [1.807, 2.05) is 0 Å². The van der Waals surface area contributed by atoms with E-state index < -0.39 is 34.3 Å². The molecule has 0 aromatic rings. The molecule has 2 aliphatic rings. The lowest BCUT2D eigenvalue weighted by Gasteiger charge is -2.22. The van der Waals surface area contributed by atoms with Gasteiger partial charge in [0.15, 0.2) is 11.6 Å². The molecule has 2 unspecified atom stereocenters. The fourth-order valence-corrected chi connectivity index (χ4v) is 6.05. The standard InChI is InChI=1S/C18H20O6S2/c1-5-7-17(15(21)23-3)9-25-11(13(17)19)12-14(20)18(8-6-2,10-26-12)16(22)24-4/h5-6H,1-2,7-10H2,3-4H3/b12-11+. The topological polar surface area (TPSA) is 86.7 Å². The second-order valence-corrected chi connectivity index (χ2v) is 8.00. The molecular weight excluding hydrogens is 376 g/mol. The Hall–Kier alpha value is -1.80. The van der Waals surface area contributed by atoms with Crippen LogP contribution in [0.2, 0.25) is 0 Å². The zero-order valence-electron chi connectivity index (χ0n) is 14.7. The third-order valence-electron chi connectivity index (χ3n) is 4.55. The lowest BCUT2D eigenvalue weighted by molar-refractivity contribution is -0.156. The second-order valence-electron chi connectivity index (χ2n) is 6.03. The van der Waals surface area contributed by atoms with Crippen LogP contribution in [0.3, 0.4) is 0 Å². The summed E-state index contributed by atoms with van der Waals surface area (Å²) in [7, 11) is 2.44. The molecule has 2 aliphatic heterocycles. The molecule has 0 saturated carbocycles. The molecule has 0 aromatic heterocycles. The Kier molecular flexibility index (Phi) is 6.18. The summed E-state index contributed by atoms with van der Waals surface area (Å²) in [4.78, 5) is 51.0. The van der Waals surface area contributed by atoms with Gasteiger partial charge in [-0.15, -0.1) is 36.7 Å². The van der Waals surface area contributed by atoms with Crippen LogP contribution in [0.25, 0.3) is 0 Å². The van der Waals surface area contributed by atoms with E-state index in [0.29, 0.717) is 0 Å². The van der Waals surface area contributed by atoms with Gasteiger partial charge >= 0.3 is 11.9 Å². The number of carbonyl (C=O) groups is 4. The molecule has 140 valence electrons. The molecule has 0 spiro atoms. The normalized spacial score (nSPS) is 31.0. The van der Waals surface area contributed by atoms with Crippen molar-refractivity contribution < 1.29 is 28.7 Å². The zero-order valence-corrected chi connectivity index (χ0v) is 16.3. The van der Waals surface area contributed by atoms with E-state index in [0.717, 1.165) is 23.5 Å². The number of hydrogen-bond donors (Lipinski definition) is 0. The lowest BCUT2D eigenvalue weighted by Crippen LogP contribution is -2.40. The minimum Gasteiger partial charge on any atom is -0.468 e. The maximum Gasteiger partial charge on any atom is 0.320 e. The van der Waals surface area contributed by atoms with Crippen molar-refractivity contribution in [2.75, 3.05) is 25.7 Å². The molecule has 2 atom stereocenters. The number of rotatable bonds is 6. The molecule has 6 nitrogen and oxygen atoms in total. The summed E-state index contributed by atoms with van der Waals surface area (Å²) in [6.45, 7) is 7.22. The van der Waals surface area contributed by atoms with Crippen molar-refractivity contribution in [3.05, 3.63) is 35.1 Å². The van der Waals surface area contributed by atoms with Gasteiger partial charge in [0.25, 0.3) is 0 Å². The van der Waals surface area contributed by atoms with Crippen LogP contribution in [-0.4, -0.2) is 49.2 Å². The maximum absolute atomic E-state index is 13.0. The van der Waals surface area contributed by atoms with Crippen molar-refractivity contribution in [3.8, 4) is 0 Å². The SMILES string of the molecule is C=CCC1(C(=O)OC)CS/C(=C2/SCC(CC=C)(C(=O)OC)C2=O)C1=O. The van der Waals surface area contributed by atoms with E-state index >= 15 is 0 Å². The van der Waals surface area contributed by atoms with E-state index in [2.05, 4.69) is 13.2 Å². The smallest absolute Gasteiger partial charge is 0.320 e. The van der Waals surface area contributed by atoms with Crippen LogP contribution in [-0.2, 0) is 28.7 Å². The number of Topliss-reactive ketones (excluding diaryl/α,β-unsaturated/α-hetero) is 2. The minimum absolute atomic E-state index is 0.121. The molecule has 2 rings (SSSR count). The average Bonchev–Trinajstić information content (AvgIpc) is 3.14. The summed E-state index contributed by atoms with van der Waals surface area (Å²) >= 11 is 2.28. The number of carbonyl (C=O) groups excluding carboxylic acids is 4. The average molecular weight is 396 g/mol. The number of allylic oxidation sites excluding steroid dienone is 4. The Bertz CT molecular complexity index is 665. The summed E-state index contributed by atoms with van der Waals surface area (Å²) < 4.78 is 9.62. The van der Waals surface area contributed by atoms with Crippen LogP contribution in [0.1, 0.15) is 12.8 Å². The van der Waals surface area contributed by atoms with Gasteiger partial charge in [-0.1, -0.05) is 12.2 Å². The molecular formula is C18H20O6S2. The van der Waals surface area contributed by atoms with Gasteiger partial charge in [-0.2, -0.15) is 0 Å². The van der Waals surface area contributed by atoms with Crippen molar-refractivity contribution >= 4 is 47.0 Å². The van der Waals surface area contributed by atoms with E-state index in [4.69, 9.17) is 9.47 Å². The third kappa shape index (κ3) is 2.95. The molecule has 0 amide bonds. The summed E-state index contributed by atoms with van der Waals surface area (Å²) in [5.41, 5.74) is -2.75. The first kappa shape index (κ1) is 20.5. The number of methoxy groups -OCH3 is 2. The lowest BCUT2D eigenvalue weighted by atomic mass is 9.79. The largest absolute Gasteiger partial charge is 0.468 e. The number of thioether (sulfide) groups is 2. The fourth-order valence-electron chi connectivity index (χ4n) is 3.08. The summed E-state index contributed by atoms with van der Waals surface area (Å²) in [5, 5.41) is 0. The molecule has 0 aliphatic carbocycles. The quantitative estimate of drug-likeness (QED) is 0.293. The highest BCUT2D eigenvalue weighted by Gasteiger charge is 2.57. The summed E-state index contributed by atoms with van der Waals surface area (Å²) in [6, 6.07) is 0. The molecule has 2 heterocycles. The number of ether oxygens (including phenoxy) is 2. The minimum atomic E-state index is -1.38. The van der Waals surface area contributed by atoms with Gasteiger partial charge < -0.3 is 9.47 Å². The number of ketones is 2. The summed E-state index contributed by atoms with van der Waals surface area (Å²) in [6.07, 6.45) is 3.22. The molecule has 0 bridgehead atoms. The van der Waals surface area contributed by atoms with Crippen LogP contribution in [0.15, 0.2) is 35.1 Å². The van der Waals surface area contributed by atoms with Crippen molar-refractivity contribution in [1.82, 2.24) is 0 Å². The Morgan fingerprint density at radius 1 is 0.923 bits per heavy atom. The van der Waals surface area contributed by atoms with Gasteiger partial charge in [0.2, 0.25) is 0 Å². The molecule has 2 fully saturated rings. The Morgan fingerprint density at radius 3 is 1.54 bits per heavy atom. The van der Waals surface area contributed by atoms with Crippen LogP contribution in [0.4, 0.5) is 0 Å². The molecule has 0 radical (unpaired) electrons. The highest BCUT2D eigenvalue weighted by Crippen LogP contribution is 2.52. The van der Waals surface area contributed by atoms with E-state index in [1.165, 1.54) is 26.4 Å². The molecule has 8 heteroatoms. The van der Waals surface area contributed by atoms with Crippen molar-refractivity contribution in [3.63, 3.8) is 0 Å². The summed E-state index contributed by atoms with van der Waals surface area (Å²) in [5.74, 6) is -1.86. The highest BCUT2D eigenvalue weighted by atomic mass is 32.2. The zero-order chi connectivity index (χ0) is 19.5. The Balaban J connectivity index is 2.49. The van der Waals surface area contributed by atoms with Crippen LogP contribution in [0, 0.1) is 10.8 Å². The first-order valence-electron chi connectivity index (χ1n) is 7.82. The van der Waals surface area contributed by atoms with Crippen molar-refractivity contribution in [2.24, 2.45) is 10.8 Å². The van der Waals surface area contributed by atoms with E-state index in [-0.39, 0.29) is 34.2 Å². The number of hydrogen-bond acceptors (Lipinski definition) is 8. The first-order chi connectivity index (χ1) is 12.3. The predicted octanol–water partition coefficient (Wildman–Crippen LogP) is 2.30.